The highest BCUT2D eigenvalue weighted by molar-refractivity contribution is 9.10. The lowest BCUT2D eigenvalue weighted by molar-refractivity contribution is -0.130. The summed E-state index contributed by atoms with van der Waals surface area (Å²) in [6.07, 6.45) is 0. The summed E-state index contributed by atoms with van der Waals surface area (Å²) in [7, 11) is 5.95. The van der Waals surface area contributed by atoms with Crippen LogP contribution in [0.1, 0.15) is 10.4 Å². The van der Waals surface area contributed by atoms with E-state index >= 15 is 0 Å². The van der Waals surface area contributed by atoms with E-state index in [4.69, 9.17) is 14.2 Å². The highest BCUT2D eigenvalue weighted by Crippen LogP contribution is 2.35. The van der Waals surface area contributed by atoms with Crippen LogP contribution in [0, 0.1) is 0 Å². The van der Waals surface area contributed by atoms with E-state index in [1.54, 1.807) is 26.2 Å². The van der Waals surface area contributed by atoms with Crippen LogP contribution in [-0.4, -0.2) is 51.7 Å². The predicted octanol–water partition coefficient (Wildman–Crippen LogP) is 1.71. The maximum atomic E-state index is 11.8. The molecule has 1 aromatic rings. The molecule has 0 atom stereocenters. The Hall–Kier alpha value is -1.76. The summed E-state index contributed by atoms with van der Waals surface area (Å²) in [5, 5.41) is 0. The van der Waals surface area contributed by atoms with E-state index in [0.29, 0.717) is 10.2 Å². The van der Waals surface area contributed by atoms with Gasteiger partial charge in [0.1, 0.15) is 5.56 Å². The van der Waals surface area contributed by atoms with E-state index in [0.717, 1.165) is 0 Å². The molecule has 1 rings (SSSR count). The van der Waals surface area contributed by atoms with Crippen molar-refractivity contribution in [3.05, 3.63) is 22.2 Å². The monoisotopic (exact) mass is 345 g/mol. The third-order valence-electron chi connectivity index (χ3n) is 2.48. The molecule has 0 spiro atoms. The number of rotatable bonds is 5. The van der Waals surface area contributed by atoms with Crippen LogP contribution in [0.25, 0.3) is 0 Å². The fourth-order valence-corrected chi connectivity index (χ4v) is 1.83. The summed E-state index contributed by atoms with van der Waals surface area (Å²) in [6, 6.07) is 3.19. The van der Waals surface area contributed by atoms with E-state index in [2.05, 4.69) is 15.9 Å². The van der Waals surface area contributed by atoms with Crippen LogP contribution in [0.4, 0.5) is 0 Å². The Morgan fingerprint density at radius 1 is 1.25 bits per heavy atom. The average Bonchev–Trinajstić information content (AvgIpc) is 2.43. The van der Waals surface area contributed by atoms with Gasteiger partial charge in [0.15, 0.2) is 18.1 Å². The number of likely N-dealkylation sites (N-methyl/N-ethyl adjacent to an activating group) is 1. The van der Waals surface area contributed by atoms with E-state index < -0.39 is 5.97 Å². The highest BCUT2D eigenvalue weighted by Gasteiger charge is 2.20. The molecule has 0 N–H and O–H groups in total. The Labute approximate surface area is 125 Å². The number of hydrogen-bond donors (Lipinski definition) is 0. The Morgan fingerprint density at radius 3 is 2.40 bits per heavy atom. The van der Waals surface area contributed by atoms with Crippen LogP contribution in [0.3, 0.4) is 0 Å². The lowest BCUT2D eigenvalue weighted by atomic mass is 10.2. The summed E-state index contributed by atoms with van der Waals surface area (Å²) in [5.41, 5.74) is 0.185. The zero-order chi connectivity index (χ0) is 15.3. The van der Waals surface area contributed by atoms with Crippen LogP contribution < -0.4 is 9.47 Å². The molecule has 0 aliphatic heterocycles. The third kappa shape index (κ3) is 3.86. The van der Waals surface area contributed by atoms with Crippen LogP contribution in [0.5, 0.6) is 11.5 Å². The number of hydrogen-bond acceptors (Lipinski definition) is 5. The molecular weight excluding hydrogens is 330 g/mol. The molecule has 0 aliphatic rings. The molecule has 0 radical (unpaired) electrons. The minimum absolute atomic E-state index is 0.178. The molecular formula is C13H16BrNO5. The lowest BCUT2D eigenvalue weighted by Crippen LogP contribution is -2.28. The second-order valence-corrected chi connectivity index (χ2v) is 4.97. The molecule has 0 saturated carbocycles. The van der Waals surface area contributed by atoms with Gasteiger partial charge in [-0.1, -0.05) is 15.9 Å². The first-order chi connectivity index (χ1) is 9.40. The highest BCUT2D eigenvalue weighted by atomic mass is 79.9. The molecule has 1 aromatic carbocycles. The third-order valence-corrected chi connectivity index (χ3v) is 2.94. The SMILES string of the molecule is COC(=O)c1cc(Br)cc(OC)c1OCC(=O)N(C)C. The van der Waals surface area contributed by atoms with Crippen molar-refractivity contribution in [2.24, 2.45) is 0 Å². The summed E-state index contributed by atoms with van der Waals surface area (Å²) < 4.78 is 15.9. The average molecular weight is 346 g/mol. The molecule has 0 bridgehead atoms. The van der Waals surface area contributed by atoms with Crippen molar-refractivity contribution in [1.82, 2.24) is 4.90 Å². The molecule has 20 heavy (non-hydrogen) atoms. The molecule has 0 unspecified atom stereocenters. The maximum Gasteiger partial charge on any atom is 0.341 e. The molecule has 7 heteroatoms. The van der Waals surface area contributed by atoms with Crippen LogP contribution in [0.15, 0.2) is 16.6 Å². The summed E-state index contributed by atoms with van der Waals surface area (Å²) in [6.45, 7) is -0.199. The number of halogens is 1. The predicted molar refractivity (Wildman–Crippen MR) is 76.2 cm³/mol. The van der Waals surface area contributed by atoms with Crippen LogP contribution in [-0.2, 0) is 9.53 Å². The molecule has 0 fully saturated rings. The Kier molecular flexibility index (Phi) is 5.82. The summed E-state index contributed by atoms with van der Waals surface area (Å²) >= 11 is 3.27. The van der Waals surface area contributed by atoms with Gasteiger partial charge in [0, 0.05) is 18.6 Å². The van der Waals surface area contributed by atoms with Gasteiger partial charge in [0.05, 0.1) is 14.2 Å². The summed E-state index contributed by atoms with van der Waals surface area (Å²) in [5.74, 6) is -0.285. The van der Waals surface area contributed by atoms with Gasteiger partial charge in [-0.2, -0.15) is 0 Å². The van der Waals surface area contributed by atoms with Gasteiger partial charge < -0.3 is 19.1 Å². The Balaban J connectivity index is 3.13. The molecule has 0 heterocycles. The van der Waals surface area contributed by atoms with Crippen molar-refractivity contribution < 1.29 is 23.8 Å². The van der Waals surface area contributed by atoms with E-state index in [1.807, 2.05) is 0 Å². The topological polar surface area (TPSA) is 65.1 Å². The van der Waals surface area contributed by atoms with Crippen molar-refractivity contribution in [1.29, 1.82) is 0 Å². The van der Waals surface area contributed by atoms with E-state index in [-0.39, 0.29) is 23.8 Å². The maximum absolute atomic E-state index is 11.8. The van der Waals surface area contributed by atoms with Crippen molar-refractivity contribution >= 4 is 27.8 Å². The molecule has 6 nitrogen and oxygen atoms in total. The minimum Gasteiger partial charge on any atom is -0.493 e. The van der Waals surface area contributed by atoms with E-state index in [1.165, 1.54) is 19.1 Å². The van der Waals surface area contributed by atoms with Crippen molar-refractivity contribution in [3.8, 4) is 11.5 Å². The lowest BCUT2D eigenvalue weighted by Gasteiger charge is -2.16. The minimum atomic E-state index is -0.572. The first-order valence-corrected chi connectivity index (χ1v) is 6.48. The van der Waals surface area contributed by atoms with Crippen molar-refractivity contribution in [2.75, 3.05) is 34.9 Å². The molecule has 0 aliphatic carbocycles. The Bertz CT molecular complexity index is 516. The van der Waals surface area contributed by atoms with Crippen molar-refractivity contribution in [3.63, 3.8) is 0 Å². The van der Waals surface area contributed by atoms with Crippen molar-refractivity contribution in [2.45, 2.75) is 0 Å². The van der Waals surface area contributed by atoms with Gasteiger partial charge in [-0.15, -0.1) is 0 Å². The quantitative estimate of drug-likeness (QED) is 0.760. The smallest absolute Gasteiger partial charge is 0.341 e. The zero-order valence-corrected chi connectivity index (χ0v) is 13.3. The number of nitrogens with zero attached hydrogens (tertiary/aromatic N) is 1. The number of esters is 1. The van der Waals surface area contributed by atoms with E-state index in [9.17, 15) is 9.59 Å². The largest absolute Gasteiger partial charge is 0.493 e. The molecule has 1 amide bonds. The van der Waals surface area contributed by atoms with Crippen LogP contribution >= 0.6 is 15.9 Å². The second kappa shape index (κ2) is 7.14. The number of ether oxygens (including phenoxy) is 3. The van der Waals surface area contributed by atoms with Gasteiger partial charge in [0.25, 0.3) is 5.91 Å². The van der Waals surface area contributed by atoms with Gasteiger partial charge in [-0.25, -0.2) is 4.79 Å². The molecule has 0 aromatic heterocycles. The van der Waals surface area contributed by atoms with Gasteiger partial charge in [-0.3, -0.25) is 4.79 Å². The normalized spacial score (nSPS) is 9.85. The first-order valence-electron chi connectivity index (χ1n) is 5.69. The van der Waals surface area contributed by atoms with Gasteiger partial charge >= 0.3 is 5.97 Å². The number of carbonyl (C=O) groups is 2. The standard InChI is InChI=1S/C13H16BrNO5/c1-15(2)11(16)7-20-12-9(13(17)19-4)5-8(14)6-10(12)18-3/h5-6H,7H2,1-4H3. The molecule has 110 valence electrons. The first kappa shape index (κ1) is 16.3. The summed E-state index contributed by atoms with van der Waals surface area (Å²) in [4.78, 5) is 24.7. The second-order valence-electron chi connectivity index (χ2n) is 4.05. The zero-order valence-electron chi connectivity index (χ0n) is 11.7. The number of methoxy groups -OCH3 is 2. The fourth-order valence-electron chi connectivity index (χ4n) is 1.39. The van der Waals surface area contributed by atoms with Gasteiger partial charge in [-0.05, 0) is 12.1 Å². The number of amides is 1. The number of carbonyl (C=O) groups excluding carboxylic acids is 2. The Morgan fingerprint density at radius 2 is 1.90 bits per heavy atom. The molecule has 0 saturated heterocycles. The fraction of sp³-hybridized carbons (Fsp3) is 0.385. The number of benzene rings is 1. The van der Waals surface area contributed by atoms with Gasteiger partial charge in [0.2, 0.25) is 0 Å². The van der Waals surface area contributed by atoms with Crippen LogP contribution in [0.2, 0.25) is 0 Å².